The van der Waals surface area contributed by atoms with Gasteiger partial charge in [-0.15, -0.1) is 12.4 Å². The minimum atomic E-state index is 0. The van der Waals surface area contributed by atoms with Gasteiger partial charge in [0, 0.05) is 18.5 Å². The second-order valence-corrected chi connectivity index (χ2v) is 6.04. The van der Waals surface area contributed by atoms with E-state index in [1.807, 2.05) is 0 Å². The highest BCUT2D eigenvalue weighted by atomic mass is 35.5. The number of amides is 1. The third-order valence-corrected chi connectivity index (χ3v) is 4.61. The zero-order valence-electron chi connectivity index (χ0n) is 12.1. The van der Waals surface area contributed by atoms with Crippen LogP contribution in [0.15, 0.2) is 0 Å². The molecule has 0 bridgehead atoms. The molecule has 0 aromatic rings. The fourth-order valence-corrected chi connectivity index (χ4v) is 3.40. The van der Waals surface area contributed by atoms with Gasteiger partial charge in [0.15, 0.2) is 0 Å². The molecule has 2 aliphatic rings. The summed E-state index contributed by atoms with van der Waals surface area (Å²) in [6.07, 6.45) is 10.5. The number of hydrogen-bond donors (Lipinski definition) is 2. The fourth-order valence-electron chi connectivity index (χ4n) is 3.40. The summed E-state index contributed by atoms with van der Waals surface area (Å²) in [7, 11) is 0. The summed E-state index contributed by atoms with van der Waals surface area (Å²) < 4.78 is 0. The van der Waals surface area contributed by atoms with E-state index in [1.165, 1.54) is 44.9 Å². The van der Waals surface area contributed by atoms with Gasteiger partial charge in [0.25, 0.3) is 0 Å². The summed E-state index contributed by atoms with van der Waals surface area (Å²) >= 11 is 0. The minimum absolute atomic E-state index is 0. The third-order valence-electron chi connectivity index (χ3n) is 4.61. The third kappa shape index (κ3) is 5.70. The van der Waals surface area contributed by atoms with E-state index in [0.717, 1.165) is 18.9 Å². The summed E-state index contributed by atoms with van der Waals surface area (Å²) in [6.45, 7) is 3.40. The zero-order chi connectivity index (χ0) is 12.8. The number of carbonyl (C=O) groups is 1. The van der Waals surface area contributed by atoms with E-state index in [4.69, 9.17) is 0 Å². The van der Waals surface area contributed by atoms with Crippen molar-refractivity contribution in [1.29, 1.82) is 0 Å². The van der Waals surface area contributed by atoms with Crippen molar-refractivity contribution in [1.82, 2.24) is 10.6 Å². The Balaban J connectivity index is 0.00000180. The number of rotatable bonds is 5. The lowest BCUT2D eigenvalue weighted by molar-refractivity contribution is -0.122. The van der Waals surface area contributed by atoms with Crippen LogP contribution in [0.3, 0.4) is 0 Å². The second kappa shape index (κ2) is 8.80. The molecule has 1 aliphatic heterocycles. The van der Waals surface area contributed by atoms with Crippen LogP contribution in [0.5, 0.6) is 0 Å². The smallest absolute Gasteiger partial charge is 0.220 e. The summed E-state index contributed by atoms with van der Waals surface area (Å²) in [5.74, 6) is 1.10. The topological polar surface area (TPSA) is 41.1 Å². The standard InChI is InChI=1S/C15H28N2O.ClH/c1-2-12-5-3-6-14(11-12)17-15(18)9-8-13-7-4-10-16-13;/h12-14,16H,2-11H2,1H3,(H,17,18);1H. The maximum atomic E-state index is 11.9. The summed E-state index contributed by atoms with van der Waals surface area (Å²) in [5, 5.41) is 6.69. The van der Waals surface area contributed by atoms with Crippen LogP contribution in [-0.2, 0) is 4.79 Å². The van der Waals surface area contributed by atoms with E-state index >= 15 is 0 Å². The lowest BCUT2D eigenvalue weighted by Crippen LogP contribution is -2.38. The number of hydrogen-bond acceptors (Lipinski definition) is 2. The van der Waals surface area contributed by atoms with Crippen molar-refractivity contribution in [3.8, 4) is 0 Å². The Hall–Kier alpha value is -0.280. The van der Waals surface area contributed by atoms with Crippen LogP contribution in [0.4, 0.5) is 0 Å². The first-order chi connectivity index (χ1) is 8.78. The quantitative estimate of drug-likeness (QED) is 0.816. The maximum absolute atomic E-state index is 11.9. The van der Waals surface area contributed by atoms with Crippen LogP contribution in [-0.4, -0.2) is 24.5 Å². The largest absolute Gasteiger partial charge is 0.353 e. The molecule has 19 heavy (non-hydrogen) atoms. The van der Waals surface area contributed by atoms with Crippen LogP contribution >= 0.6 is 12.4 Å². The highest BCUT2D eigenvalue weighted by Crippen LogP contribution is 2.26. The molecule has 0 aromatic heterocycles. The van der Waals surface area contributed by atoms with Crippen molar-refractivity contribution < 1.29 is 4.79 Å². The first kappa shape index (κ1) is 16.8. The van der Waals surface area contributed by atoms with Gasteiger partial charge in [0.05, 0.1) is 0 Å². The highest BCUT2D eigenvalue weighted by molar-refractivity contribution is 5.85. The molecule has 3 atom stereocenters. The zero-order valence-corrected chi connectivity index (χ0v) is 12.9. The molecule has 0 spiro atoms. The van der Waals surface area contributed by atoms with E-state index in [0.29, 0.717) is 18.5 Å². The molecule has 112 valence electrons. The van der Waals surface area contributed by atoms with Crippen LogP contribution in [0.1, 0.15) is 64.7 Å². The van der Waals surface area contributed by atoms with Crippen LogP contribution in [0.2, 0.25) is 0 Å². The van der Waals surface area contributed by atoms with Crippen molar-refractivity contribution in [3.63, 3.8) is 0 Å². The summed E-state index contributed by atoms with van der Waals surface area (Å²) in [6, 6.07) is 1.04. The molecule has 3 nitrogen and oxygen atoms in total. The molecular formula is C15H29ClN2O. The molecule has 2 N–H and O–H groups in total. The van der Waals surface area contributed by atoms with Gasteiger partial charge in [-0.1, -0.05) is 26.2 Å². The molecule has 1 aliphatic carbocycles. The van der Waals surface area contributed by atoms with Crippen LogP contribution in [0.25, 0.3) is 0 Å². The van der Waals surface area contributed by atoms with Crippen molar-refractivity contribution in [2.24, 2.45) is 5.92 Å². The maximum Gasteiger partial charge on any atom is 0.220 e. The van der Waals surface area contributed by atoms with E-state index < -0.39 is 0 Å². The lowest BCUT2D eigenvalue weighted by atomic mass is 9.84. The van der Waals surface area contributed by atoms with Crippen LogP contribution < -0.4 is 10.6 Å². The van der Waals surface area contributed by atoms with E-state index in [-0.39, 0.29) is 18.3 Å². The molecule has 1 saturated heterocycles. The molecule has 0 radical (unpaired) electrons. The average molecular weight is 289 g/mol. The molecule has 1 amide bonds. The minimum Gasteiger partial charge on any atom is -0.353 e. The fraction of sp³-hybridized carbons (Fsp3) is 0.933. The number of carbonyl (C=O) groups excluding carboxylic acids is 1. The first-order valence-electron chi connectivity index (χ1n) is 7.80. The monoisotopic (exact) mass is 288 g/mol. The Labute approximate surface area is 123 Å². The second-order valence-electron chi connectivity index (χ2n) is 6.04. The summed E-state index contributed by atoms with van der Waals surface area (Å²) in [5.41, 5.74) is 0. The van der Waals surface area contributed by atoms with Crippen molar-refractivity contribution in [2.45, 2.75) is 76.8 Å². The molecule has 1 saturated carbocycles. The number of halogens is 1. The predicted molar refractivity (Wildman–Crippen MR) is 81.7 cm³/mol. The van der Waals surface area contributed by atoms with E-state index in [2.05, 4.69) is 17.6 Å². The van der Waals surface area contributed by atoms with Gasteiger partial charge in [-0.3, -0.25) is 4.79 Å². The normalized spacial score (nSPS) is 30.7. The summed E-state index contributed by atoms with van der Waals surface area (Å²) in [4.78, 5) is 11.9. The molecule has 3 unspecified atom stereocenters. The highest BCUT2D eigenvalue weighted by Gasteiger charge is 2.22. The van der Waals surface area contributed by atoms with Gasteiger partial charge in [0.1, 0.15) is 0 Å². The Kier molecular flexibility index (Phi) is 7.77. The lowest BCUT2D eigenvalue weighted by Gasteiger charge is -2.29. The van der Waals surface area contributed by atoms with E-state index in [1.54, 1.807) is 0 Å². The predicted octanol–water partition coefficient (Wildman–Crippen LogP) is 3.03. The molecule has 0 aromatic carbocycles. The van der Waals surface area contributed by atoms with Gasteiger partial charge in [-0.25, -0.2) is 0 Å². The van der Waals surface area contributed by atoms with Gasteiger partial charge >= 0.3 is 0 Å². The molecule has 2 fully saturated rings. The van der Waals surface area contributed by atoms with Gasteiger partial charge < -0.3 is 10.6 Å². The van der Waals surface area contributed by atoms with Crippen molar-refractivity contribution in [3.05, 3.63) is 0 Å². The first-order valence-corrected chi connectivity index (χ1v) is 7.80. The molecule has 4 heteroatoms. The SMILES string of the molecule is CCC1CCCC(NC(=O)CCC2CCCN2)C1.Cl. The van der Waals surface area contributed by atoms with Gasteiger partial charge in [-0.2, -0.15) is 0 Å². The molecular weight excluding hydrogens is 260 g/mol. The van der Waals surface area contributed by atoms with Crippen molar-refractivity contribution >= 4 is 18.3 Å². The van der Waals surface area contributed by atoms with Gasteiger partial charge in [-0.05, 0) is 44.6 Å². The van der Waals surface area contributed by atoms with E-state index in [9.17, 15) is 4.79 Å². The number of nitrogens with one attached hydrogen (secondary N) is 2. The van der Waals surface area contributed by atoms with Crippen LogP contribution in [0, 0.1) is 5.92 Å². The Morgan fingerprint density at radius 1 is 1.26 bits per heavy atom. The Morgan fingerprint density at radius 2 is 2.11 bits per heavy atom. The Morgan fingerprint density at radius 3 is 2.79 bits per heavy atom. The van der Waals surface area contributed by atoms with Crippen molar-refractivity contribution in [2.75, 3.05) is 6.54 Å². The Bertz CT molecular complexity index is 267. The average Bonchev–Trinajstić information content (AvgIpc) is 2.90. The van der Waals surface area contributed by atoms with Gasteiger partial charge in [0.2, 0.25) is 5.91 Å². The molecule has 1 heterocycles. The molecule has 2 rings (SSSR count).